The number of hydrogen-bond donors (Lipinski definition) is 0. The summed E-state index contributed by atoms with van der Waals surface area (Å²) in [5.74, 6) is 1.64. The van der Waals surface area contributed by atoms with Gasteiger partial charge in [0.05, 0.1) is 27.6 Å². The van der Waals surface area contributed by atoms with Crippen molar-refractivity contribution in [3.8, 4) is 61.9 Å². The predicted octanol–water partition coefficient (Wildman–Crippen LogP) is 11.4. The van der Waals surface area contributed by atoms with Crippen LogP contribution in [0.1, 0.15) is 0 Å². The number of nitrogens with zero attached hydrogens (tertiary/aromatic N) is 5. The number of benzene rings is 5. The molecule has 52 heavy (non-hydrogen) atoms. The summed E-state index contributed by atoms with van der Waals surface area (Å²) in [5, 5.41) is 1.88. The first-order valence-corrected chi connectivity index (χ1v) is 17.2. The first-order chi connectivity index (χ1) is 25.8. The molecule has 0 saturated carbocycles. The Morgan fingerprint density at radius 2 is 1.13 bits per heavy atom. The number of furan rings is 1. The monoisotopic (exact) mass is 667 g/mol. The van der Waals surface area contributed by atoms with Gasteiger partial charge in [0.2, 0.25) is 0 Å². The number of hydrogen-bond acceptors (Lipinski definition) is 5. The van der Waals surface area contributed by atoms with Gasteiger partial charge >= 0.3 is 0 Å². The van der Waals surface area contributed by atoms with Gasteiger partial charge in [-0.1, -0.05) is 97.1 Å². The van der Waals surface area contributed by atoms with E-state index in [0.717, 1.165) is 94.8 Å². The average Bonchev–Trinajstić information content (AvgIpc) is 3.82. The molecule has 6 nitrogen and oxygen atoms in total. The second kappa shape index (κ2) is 12.3. The van der Waals surface area contributed by atoms with Crippen molar-refractivity contribution in [2.75, 3.05) is 0 Å². The minimum absolute atomic E-state index is 0.735. The molecule has 10 rings (SSSR count). The van der Waals surface area contributed by atoms with Gasteiger partial charge in [-0.05, 0) is 65.7 Å². The quantitative estimate of drug-likeness (QED) is 0.176. The SMILES string of the molecule is c1ccc(-c2nc3ccc(-c4ccc(-c5nc6ccccc6n5-c5ccccc5)cc4)cc3c3oc(-c4cccnc4)c(-c4cccnc4)c23)cc1. The highest BCUT2D eigenvalue weighted by molar-refractivity contribution is 6.17. The average molecular weight is 668 g/mol. The summed E-state index contributed by atoms with van der Waals surface area (Å²) in [4.78, 5) is 19.3. The zero-order valence-corrected chi connectivity index (χ0v) is 27.9. The van der Waals surface area contributed by atoms with Crippen LogP contribution in [-0.2, 0) is 0 Å². The topological polar surface area (TPSA) is 69.6 Å². The highest BCUT2D eigenvalue weighted by Crippen LogP contribution is 2.47. The summed E-state index contributed by atoms with van der Waals surface area (Å²) < 4.78 is 9.17. The number of imidazole rings is 1. The summed E-state index contributed by atoms with van der Waals surface area (Å²) >= 11 is 0. The van der Waals surface area contributed by atoms with E-state index >= 15 is 0 Å². The van der Waals surface area contributed by atoms with E-state index in [4.69, 9.17) is 14.4 Å². The third kappa shape index (κ3) is 4.96. The van der Waals surface area contributed by atoms with Gasteiger partial charge in [-0.2, -0.15) is 0 Å². The van der Waals surface area contributed by atoms with Crippen LogP contribution in [0.4, 0.5) is 0 Å². The zero-order valence-electron chi connectivity index (χ0n) is 27.9. The van der Waals surface area contributed by atoms with Gasteiger partial charge in [-0.25, -0.2) is 9.97 Å². The van der Waals surface area contributed by atoms with Crippen molar-refractivity contribution < 1.29 is 4.42 Å². The largest absolute Gasteiger partial charge is 0.455 e. The van der Waals surface area contributed by atoms with Gasteiger partial charge in [0.15, 0.2) is 0 Å². The maximum absolute atomic E-state index is 6.95. The first kappa shape index (κ1) is 29.7. The molecule has 0 spiro atoms. The number of aromatic nitrogens is 5. The molecule has 0 aliphatic heterocycles. The second-order valence-corrected chi connectivity index (χ2v) is 12.7. The molecule has 0 N–H and O–H groups in total. The standard InChI is InChI=1S/C46H29N5O/c1-3-11-31(12-4-1)43-42-41(34-13-9-25-47-28-34)44(35-14-10-26-48-29-35)52-45(42)37-27-33(23-24-38(37)49-43)30-19-21-32(22-20-30)46-50-39-17-7-8-18-40(39)51(46)36-15-5-2-6-16-36/h1-29H. The summed E-state index contributed by atoms with van der Waals surface area (Å²) in [5.41, 5.74) is 12.6. The number of para-hydroxylation sites is 3. The maximum Gasteiger partial charge on any atom is 0.147 e. The molecule has 5 aromatic carbocycles. The van der Waals surface area contributed by atoms with Crippen LogP contribution in [0.15, 0.2) is 181 Å². The normalized spacial score (nSPS) is 11.5. The molecular weight excluding hydrogens is 639 g/mol. The van der Waals surface area contributed by atoms with Crippen molar-refractivity contribution in [2.24, 2.45) is 0 Å². The van der Waals surface area contributed by atoms with E-state index in [1.807, 2.05) is 60.9 Å². The second-order valence-electron chi connectivity index (χ2n) is 12.7. The predicted molar refractivity (Wildman–Crippen MR) is 209 cm³/mol. The van der Waals surface area contributed by atoms with Gasteiger partial charge < -0.3 is 4.42 Å². The summed E-state index contributed by atoms with van der Waals surface area (Å²) in [6, 6.07) is 52.0. The smallest absolute Gasteiger partial charge is 0.147 e. The van der Waals surface area contributed by atoms with Gasteiger partial charge in [0.25, 0.3) is 0 Å². The molecule has 244 valence electrons. The van der Waals surface area contributed by atoms with Crippen LogP contribution in [0.3, 0.4) is 0 Å². The van der Waals surface area contributed by atoms with Crippen LogP contribution in [0.2, 0.25) is 0 Å². The minimum Gasteiger partial charge on any atom is -0.455 e. The van der Waals surface area contributed by atoms with Crippen LogP contribution in [0.5, 0.6) is 0 Å². The fourth-order valence-electron chi connectivity index (χ4n) is 7.18. The molecule has 0 radical (unpaired) electrons. The van der Waals surface area contributed by atoms with Gasteiger partial charge in [0, 0.05) is 63.7 Å². The lowest BCUT2D eigenvalue weighted by Crippen LogP contribution is -1.97. The molecule has 0 atom stereocenters. The Kier molecular flexibility index (Phi) is 7.03. The van der Waals surface area contributed by atoms with Gasteiger partial charge in [-0.3, -0.25) is 14.5 Å². The highest BCUT2D eigenvalue weighted by atomic mass is 16.3. The van der Waals surface area contributed by atoms with E-state index in [-0.39, 0.29) is 0 Å². The van der Waals surface area contributed by atoms with Crippen LogP contribution < -0.4 is 0 Å². The fraction of sp³-hybridized carbons (Fsp3) is 0. The molecular formula is C46H29N5O. The van der Waals surface area contributed by atoms with E-state index < -0.39 is 0 Å². The van der Waals surface area contributed by atoms with Crippen LogP contribution in [0.25, 0.3) is 94.8 Å². The molecule has 0 bridgehead atoms. The van der Waals surface area contributed by atoms with Gasteiger partial charge in [-0.15, -0.1) is 0 Å². The number of pyridine rings is 3. The molecule has 0 amide bonds. The molecule has 6 heteroatoms. The Morgan fingerprint density at radius 3 is 1.88 bits per heavy atom. The Balaban J connectivity index is 1.16. The summed E-state index contributed by atoms with van der Waals surface area (Å²) in [7, 11) is 0. The Morgan fingerprint density at radius 1 is 0.481 bits per heavy atom. The molecule has 0 aliphatic rings. The van der Waals surface area contributed by atoms with Crippen molar-refractivity contribution >= 4 is 32.9 Å². The number of fused-ring (bicyclic) bond motifs is 4. The molecule has 10 aromatic rings. The molecule has 0 unspecified atom stereocenters. The van der Waals surface area contributed by atoms with Crippen molar-refractivity contribution in [2.45, 2.75) is 0 Å². The van der Waals surface area contributed by atoms with Crippen LogP contribution >= 0.6 is 0 Å². The van der Waals surface area contributed by atoms with Crippen molar-refractivity contribution in [3.63, 3.8) is 0 Å². The van der Waals surface area contributed by atoms with E-state index in [2.05, 4.69) is 118 Å². The molecule has 5 aromatic heterocycles. The number of rotatable bonds is 6. The molecule has 0 fully saturated rings. The Labute approximate surface area is 299 Å². The maximum atomic E-state index is 6.95. The first-order valence-electron chi connectivity index (χ1n) is 17.2. The van der Waals surface area contributed by atoms with E-state index in [0.29, 0.717) is 0 Å². The highest BCUT2D eigenvalue weighted by Gasteiger charge is 2.25. The lowest BCUT2D eigenvalue weighted by atomic mass is 9.95. The third-order valence-electron chi connectivity index (χ3n) is 9.59. The molecule has 0 saturated heterocycles. The third-order valence-corrected chi connectivity index (χ3v) is 9.59. The lowest BCUT2D eigenvalue weighted by molar-refractivity contribution is 0.635. The lowest BCUT2D eigenvalue weighted by Gasteiger charge is -2.11. The van der Waals surface area contributed by atoms with E-state index in [9.17, 15) is 0 Å². The van der Waals surface area contributed by atoms with Crippen molar-refractivity contribution in [1.29, 1.82) is 0 Å². The molecule has 0 aliphatic carbocycles. The summed E-state index contributed by atoms with van der Waals surface area (Å²) in [6.45, 7) is 0. The Hall–Kier alpha value is -7.18. The molecule has 5 heterocycles. The zero-order chi connectivity index (χ0) is 34.4. The van der Waals surface area contributed by atoms with Crippen molar-refractivity contribution in [1.82, 2.24) is 24.5 Å². The van der Waals surface area contributed by atoms with Gasteiger partial charge in [0.1, 0.15) is 17.2 Å². The van der Waals surface area contributed by atoms with E-state index in [1.165, 1.54) is 0 Å². The van der Waals surface area contributed by atoms with Crippen LogP contribution in [0, 0.1) is 0 Å². The fourth-order valence-corrected chi connectivity index (χ4v) is 7.18. The van der Waals surface area contributed by atoms with E-state index in [1.54, 1.807) is 12.4 Å². The van der Waals surface area contributed by atoms with Crippen LogP contribution in [-0.4, -0.2) is 24.5 Å². The Bertz CT molecular complexity index is 2870. The van der Waals surface area contributed by atoms with Crippen molar-refractivity contribution in [3.05, 3.63) is 176 Å². The summed E-state index contributed by atoms with van der Waals surface area (Å²) in [6.07, 6.45) is 7.29. The minimum atomic E-state index is 0.735.